The van der Waals surface area contributed by atoms with E-state index in [-0.39, 0.29) is 11.0 Å². The highest BCUT2D eigenvalue weighted by atomic mass is 32.2. The van der Waals surface area contributed by atoms with Crippen LogP contribution in [-0.4, -0.2) is 30.7 Å². The number of rotatable bonds is 5. The Morgan fingerprint density at radius 2 is 1.85 bits per heavy atom. The van der Waals surface area contributed by atoms with Gasteiger partial charge in [-0.2, -0.15) is 0 Å². The molecule has 33 heavy (non-hydrogen) atoms. The number of sulfonamides is 1. The molecule has 0 fully saturated rings. The standard InChI is InChI=1S/C24H23N3O4S2/c1-15-11-20(16(2)27(15)12-18-13-30-22-5-3-4-6-23(22)31-18)21-14-32-24(26-21)17-7-9-19(10-8-17)33(25,28)29/h3-11,14,18H,12-13H2,1-2H3,(H2,25,28,29)/t18-/m1/s1. The van der Waals surface area contributed by atoms with Crippen molar-refractivity contribution in [3.63, 3.8) is 0 Å². The molecule has 0 spiro atoms. The molecule has 0 bridgehead atoms. The van der Waals surface area contributed by atoms with Crippen LogP contribution in [0.2, 0.25) is 0 Å². The van der Waals surface area contributed by atoms with Crippen LogP contribution in [-0.2, 0) is 16.6 Å². The second kappa shape index (κ2) is 8.33. The SMILES string of the molecule is Cc1cc(-c2csc(-c3ccc(S(N)(=O)=O)cc3)n2)c(C)n1C[C@@H]1COc2ccccc2O1. The molecule has 1 atom stereocenters. The lowest BCUT2D eigenvalue weighted by Gasteiger charge is -2.27. The van der Waals surface area contributed by atoms with Gasteiger partial charge in [0, 0.05) is 27.9 Å². The zero-order valence-electron chi connectivity index (χ0n) is 18.2. The van der Waals surface area contributed by atoms with Crippen LogP contribution in [0.4, 0.5) is 0 Å². The molecule has 7 nitrogen and oxygen atoms in total. The zero-order valence-corrected chi connectivity index (χ0v) is 19.8. The Labute approximate surface area is 196 Å². The summed E-state index contributed by atoms with van der Waals surface area (Å²) in [7, 11) is -3.71. The van der Waals surface area contributed by atoms with Gasteiger partial charge in [0.25, 0.3) is 0 Å². The molecule has 4 aromatic rings. The number of primary sulfonamides is 1. The minimum atomic E-state index is -3.71. The molecular weight excluding hydrogens is 458 g/mol. The maximum Gasteiger partial charge on any atom is 0.238 e. The number of aromatic nitrogens is 2. The van der Waals surface area contributed by atoms with Crippen molar-refractivity contribution in [2.45, 2.75) is 31.4 Å². The van der Waals surface area contributed by atoms with Gasteiger partial charge in [0.1, 0.15) is 11.6 Å². The molecule has 2 N–H and O–H groups in total. The highest BCUT2D eigenvalue weighted by Crippen LogP contribution is 2.34. The Balaban J connectivity index is 1.37. The molecule has 0 saturated heterocycles. The number of thiazole rings is 1. The first-order chi connectivity index (χ1) is 15.8. The molecule has 0 unspecified atom stereocenters. The van der Waals surface area contributed by atoms with E-state index in [1.807, 2.05) is 29.6 Å². The Morgan fingerprint density at radius 3 is 2.58 bits per heavy atom. The quantitative estimate of drug-likeness (QED) is 0.456. The Bertz CT molecular complexity index is 1420. The fraction of sp³-hybridized carbons (Fsp3) is 0.208. The summed E-state index contributed by atoms with van der Waals surface area (Å²) >= 11 is 1.52. The average molecular weight is 482 g/mol. The van der Waals surface area contributed by atoms with Crippen LogP contribution >= 0.6 is 11.3 Å². The van der Waals surface area contributed by atoms with Crippen LogP contribution in [0.5, 0.6) is 11.5 Å². The fourth-order valence-corrected chi connectivity index (χ4v) is 5.36. The largest absolute Gasteiger partial charge is 0.486 e. The average Bonchev–Trinajstić information content (AvgIpc) is 3.39. The summed E-state index contributed by atoms with van der Waals surface area (Å²) in [4.78, 5) is 4.89. The van der Waals surface area contributed by atoms with E-state index in [0.29, 0.717) is 13.2 Å². The summed E-state index contributed by atoms with van der Waals surface area (Å²) < 4.78 is 37.2. The first-order valence-electron chi connectivity index (χ1n) is 10.4. The van der Waals surface area contributed by atoms with Gasteiger partial charge in [-0.05, 0) is 44.2 Å². The smallest absolute Gasteiger partial charge is 0.238 e. The van der Waals surface area contributed by atoms with E-state index in [2.05, 4.69) is 24.5 Å². The first-order valence-corrected chi connectivity index (χ1v) is 12.9. The molecule has 1 aliphatic rings. The van der Waals surface area contributed by atoms with E-state index >= 15 is 0 Å². The molecule has 170 valence electrons. The highest BCUT2D eigenvalue weighted by molar-refractivity contribution is 7.89. The number of aryl methyl sites for hydroxylation is 1. The predicted molar refractivity (Wildman–Crippen MR) is 128 cm³/mol. The van der Waals surface area contributed by atoms with Crippen molar-refractivity contribution in [1.29, 1.82) is 0 Å². The number of para-hydroxylation sites is 2. The van der Waals surface area contributed by atoms with E-state index in [9.17, 15) is 8.42 Å². The summed E-state index contributed by atoms with van der Waals surface area (Å²) in [6.07, 6.45) is -0.0825. The van der Waals surface area contributed by atoms with Crippen molar-refractivity contribution in [2.75, 3.05) is 6.61 Å². The Morgan fingerprint density at radius 1 is 1.12 bits per heavy atom. The van der Waals surface area contributed by atoms with Gasteiger partial charge in [-0.15, -0.1) is 11.3 Å². The number of hydrogen-bond acceptors (Lipinski definition) is 6. The topological polar surface area (TPSA) is 96.4 Å². The third-order valence-corrected chi connectivity index (χ3v) is 7.56. The molecule has 0 radical (unpaired) electrons. The monoisotopic (exact) mass is 481 g/mol. The highest BCUT2D eigenvalue weighted by Gasteiger charge is 2.23. The van der Waals surface area contributed by atoms with Gasteiger partial charge in [0.2, 0.25) is 10.0 Å². The molecule has 5 rings (SSSR count). The Kier molecular flexibility index (Phi) is 5.48. The third kappa shape index (κ3) is 4.27. The number of nitrogens with two attached hydrogens (primary N) is 1. The van der Waals surface area contributed by atoms with E-state index in [1.54, 1.807) is 12.1 Å². The number of fused-ring (bicyclic) bond motifs is 1. The summed E-state index contributed by atoms with van der Waals surface area (Å²) in [5.74, 6) is 1.55. The number of hydrogen-bond donors (Lipinski definition) is 1. The maximum absolute atomic E-state index is 11.5. The third-order valence-electron chi connectivity index (χ3n) is 5.74. The van der Waals surface area contributed by atoms with E-state index in [1.165, 1.54) is 23.5 Å². The van der Waals surface area contributed by atoms with Gasteiger partial charge < -0.3 is 14.0 Å². The lowest BCUT2D eigenvalue weighted by Crippen LogP contribution is -2.33. The van der Waals surface area contributed by atoms with Gasteiger partial charge >= 0.3 is 0 Å². The van der Waals surface area contributed by atoms with Crippen LogP contribution in [0.3, 0.4) is 0 Å². The number of ether oxygens (including phenoxy) is 2. The summed E-state index contributed by atoms with van der Waals surface area (Å²) in [5, 5.41) is 8.02. The lowest BCUT2D eigenvalue weighted by molar-refractivity contribution is 0.0778. The van der Waals surface area contributed by atoms with Crippen LogP contribution in [0.1, 0.15) is 11.4 Å². The van der Waals surface area contributed by atoms with E-state index in [4.69, 9.17) is 19.6 Å². The molecule has 0 saturated carbocycles. The molecule has 3 heterocycles. The fourth-order valence-electron chi connectivity index (χ4n) is 4.02. The Hall–Kier alpha value is -3.14. The van der Waals surface area contributed by atoms with Crippen LogP contribution in [0.25, 0.3) is 21.8 Å². The van der Waals surface area contributed by atoms with Crippen LogP contribution < -0.4 is 14.6 Å². The van der Waals surface area contributed by atoms with Crippen LogP contribution in [0, 0.1) is 13.8 Å². The minimum Gasteiger partial charge on any atom is -0.486 e. The van der Waals surface area contributed by atoms with Gasteiger partial charge in [-0.3, -0.25) is 0 Å². The van der Waals surface area contributed by atoms with Crippen molar-refractivity contribution >= 4 is 21.4 Å². The van der Waals surface area contributed by atoms with Gasteiger partial charge in [-0.1, -0.05) is 24.3 Å². The van der Waals surface area contributed by atoms with E-state index in [0.717, 1.165) is 44.7 Å². The normalized spacial score (nSPS) is 15.5. The maximum atomic E-state index is 11.5. The molecule has 0 amide bonds. The van der Waals surface area contributed by atoms with E-state index < -0.39 is 10.0 Å². The summed E-state index contributed by atoms with van der Waals surface area (Å²) in [5.41, 5.74) is 5.02. The van der Waals surface area contributed by atoms with Gasteiger partial charge in [0.15, 0.2) is 17.6 Å². The van der Waals surface area contributed by atoms with Crippen molar-refractivity contribution in [3.8, 4) is 33.3 Å². The van der Waals surface area contributed by atoms with Crippen LogP contribution in [0.15, 0.2) is 64.9 Å². The molecule has 2 aromatic heterocycles. The molecule has 1 aliphatic heterocycles. The minimum absolute atomic E-state index is 0.0825. The molecule has 9 heteroatoms. The molecule has 2 aromatic carbocycles. The predicted octanol–water partition coefficient (Wildman–Crippen LogP) is 4.38. The lowest BCUT2D eigenvalue weighted by atomic mass is 10.2. The van der Waals surface area contributed by atoms with Gasteiger partial charge in [0.05, 0.1) is 17.1 Å². The zero-order chi connectivity index (χ0) is 23.2. The second-order valence-corrected chi connectivity index (χ2v) is 10.4. The van der Waals surface area contributed by atoms with Crippen molar-refractivity contribution < 1.29 is 17.9 Å². The molecular formula is C24H23N3O4S2. The van der Waals surface area contributed by atoms with Crippen molar-refractivity contribution in [2.24, 2.45) is 5.14 Å². The second-order valence-electron chi connectivity index (χ2n) is 8.00. The molecule has 0 aliphatic carbocycles. The van der Waals surface area contributed by atoms with Crippen molar-refractivity contribution in [1.82, 2.24) is 9.55 Å². The number of nitrogens with zero attached hydrogens (tertiary/aromatic N) is 2. The summed E-state index contributed by atoms with van der Waals surface area (Å²) in [6, 6.07) is 16.3. The van der Waals surface area contributed by atoms with Gasteiger partial charge in [-0.25, -0.2) is 18.5 Å². The van der Waals surface area contributed by atoms with Crippen molar-refractivity contribution in [3.05, 3.63) is 71.4 Å². The first kappa shape index (κ1) is 21.7. The summed E-state index contributed by atoms with van der Waals surface area (Å²) in [6.45, 7) is 5.34. The number of benzene rings is 2.